The van der Waals surface area contributed by atoms with Gasteiger partial charge in [0.25, 0.3) is 0 Å². The third kappa shape index (κ3) is 4.11. The summed E-state index contributed by atoms with van der Waals surface area (Å²) in [6, 6.07) is -0.182. The van der Waals surface area contributed by atoms with Crippen LogP contribution in [0.25, 0.3) is 0 Å². The molecule has 1 aliphatic rings. The minimum Gasteiger partial charge on any atom is -0.481 e. The van der Waals surface area contributed by atoms with Gasteiger partial charge in [-0.1, -0.05) is 0 Å². The van der Waals surface area contributed by atoms with Crippen LogP contribution in [0.1, 0.15) is 19.3 Å². The maximum absolute atomic E-state index is 11.3. The molecule has 14 heavy (non-hydrogen) atoms. The Morgan fingerprint density at radius 3 is 2.64 bits per heavy atom. The average molecular weight is 200 g/mol. The maximum atomic E-state index is 11.3. The number of rotatable bonds is 5. The number of amides is 2. The Balaban J connectivity index is 2.09. The predicted octanol–water partition coefficient (Wildman–Crippen LogP) is 0.512. The summed E-state index contributed by atoms with van der Waals surface area (Å²) in [5, 5.41) is 10.9. The van der Waals surface area contributed by atoms with Gasteiger partial charge in [0.15, 0.2) is 0 Å². The van der Waals surface area contributed by atoms with E-state index in [0.717, 1.165) is 6.54 Å². The molecule has 0 saturated heterocycles. The molecule has 1 saturated carbocycles. The van der Waals surface area contributed by atoms with Gasteiger partial charge in [-0.3, -0.25) is 4.79 Å². The summed E-state index contributed by atoms with van der Waals surface area (Å²) in [5.41, 5.74) is 0. The van der Waals surface area contributed by atoms with E-state index in [9.17, 15) is 9.59 Å². The summed E-state index contributed by atoms with van der Waals surface area (Å²) in [7, 11) is 1.73. The first kappa shape index (κ1) is 10.8. The molecule has 0 aromatic rings. The van der Waals surface area contributed by atoms with Gasteiger partial charge in [0.05, 0.1) is 6.42 Å². The highest BCUT2D eigenvalue weighted by atomic mass is 16.4. The topological polar surface area (TPSA) is 69.6 Å². The number of carbonyl (C=O) groups excluding carboxylic acids is 1. The van der Waals surface area contributed by atoms with Gasteiger partial charge in [-0.15, -0.1) is 0 Å². The molecule has 0 aromatic carbocycles. The zero-order valence-electron chi connectivity index (χ0n) is 8.32. The SMILES string of the molecule is CN(CC1CC1)C(=O)NCCC(=O)O. The van der Waals surface area contributed by atoms with Crippen molar-refractivity contribution in [1.82, 2.24) is 10.2 Å². The van der Waals surface area contributed by atoms with Gasteiger partial charge in [0.2, 0.25) is 0 Å². The van der Waals surface area contributed by atoms with Crippen LogP contribution < -0.4 is 5.32 Å². The molecule has 5 nitrogen and oxygen atoms in total. The van der Waals surface area contributed by atoms with E-state index in [2.05, 4.69) is 5.32 Å². The van der Waals surface area contributed by atoms with Crippen LogP contribution in [0.15, 0.2) is 0 Å². The molecule has 0 unspecified atom stereocenters. The lowest BCUT2D eigenvalue weighted by Crippen LogP contribution is -2.39. The number of carbonyl (C=O) groups is 2. The lowest BCUT2D eigenvalue weighted by atomic mass is 10.4. The third-order valence-electron chi connectivity index (χ3n) is 2.19. The highest BCUT2D eigenvalue weighted by Crippen LogP contribution is 2.29. The highest BCUT2D eigenvalue weighted by molar-refractivity contribution is 5.75. The van der Waals surface area contributed by atoms with E-state index in [0.29, 0.717) is 5.92 Å². The monoisotopic (exact) mass is 200 g/mol. The number of carboxylic acids is 1. The lowest BCUT2D eigenvalue weighted by Gasteiger charge is -2.16. The number of hydrogen-bond donors (Lipinski definition) is 2. The van der Waals surface area contributed by atoms with E-state index in [1.807, 2.05) is 0 Å². The third-order valence-corrected chi connectivity index (χ3v) is 2.19. The molecule has 2 amide bonds. The standard InChI is InChI=1S/C9H16N2O3/c1-11(6-7-2-3-7)9(14)10-5-4-8(12)13/h7H,2-6H2,1H3,(H,10,14)(H,12,13). The van der Waals surface area contributed by atoms with Crippen LogP contribution in [0.2, 0.25) is 0 Å². The normalized spacial score (nSPS) is 14.9. The van der Waals surface area contributed by atoms with Crippen LogP contribution in [0.3, 0.4) is 0 Å². The molecular formula is C9H16N2O3. The van der Waals surface area contributed by atoms with Crippen LogP contribution in [0.4, 0.5) is 4.79 Å². The van der Waals surface area contributed by atoms with Crippen LogP contribution >= 0.6 is 0 Å². The molecular weight excluding hydrogens is 184 g/mol. The maximum Gasteiger partial charge on any atom is 0.317 e. The predicted molar refractivity (Wildman–Crippen MR) is 51.0 cm³/mol. The van der Waals surface area contributed by atoms with Crippen molar-refractivity contribution in [3.8, 4) is 0 Å². The van der Waals surface area contributed by atoms with Gasteiger partial charge in [-0.25, -0.2) is 4.79 Å². The van der Waals surface area contributed by atoms with Gasteiger partial charge in [-0.05, 0) is 18.8 Å². The number of nitrogens with one attached hydrogen (secondary N) is 1. The highest BCUT2D eigenvalue weighted by Gasteiger charge is 2.24. The molecule has 1 rings (SSSR count). The molecule has 0 aliphatic heterocycles. The number of nitrogens with zero attached hydrogens (tertiary/aromatic N) is 1. The quantitative estimate of drug-likeness (QED) is 0.679. The number of urea groups is 1. The Bertz CT molecular complexity index is 226. The van der Waals surface area contributed by atoms with Crippen LogP contribution in [0, 0.1) is 5.92 Å². The second-order valence-corrected chi connectivity index (χ2v) is 3.70. The van der Waals surface area contributed by atoms with E-state index in [4.69, 9.17) is 5.11 Å². The first-order chi connectivity index (χ1) is 6.59. The van der Waals surface area contributed by atoms with E-state index in [1.54, 1.807) is 11.9 Å². The summed E-state index contributed by atoms with van der Waals surface area (Å²) in [5.74, 6) is -0.236. The smallest absolute Gasteiger partial charge is 0.317 e. The number of carboxylic acid groups (broad SMARTS) is 1. The van der Waals surface area contributed by atoms with Crippen LogP contribution in [-0.4, -0.2) is 42.1 Å². The Kier molecular flexibility index (Phi) is 3.73. The number of aliphatic carboxylic acids is 1. The Morgan fingerprint density at radius 1 is 1.50 bits per heavy atom. The molecule has 0 aromatic heterocycles. The van der Waals surface area contributed by atoms with Gasteiger partial charge in [0, 0.05) is 20.1 Å². The average Bonchev–Trinajstić information content (AvgIpc) is 2.87. The van der Waals surface area contributed by atoms with E-state index >= 15 is 0 Å². The largest absolute Gasteiger partial charge is 0.481 e. The van der Waals surface area contributed by atoms with E-state index < -0.39 is 5.97 Å². The fraction of sp³-hybridized carbons (Fsp3) is 0.778. The minimum atomic E-state index is -0.893. The molecule has 2 N–H and O–H groups in total. The zero-order valence-corrected chi connectivity index (χ0v) is 8.32. The van der Waals surface area contributed by atoms with Crippen molar-refractivity contribution in [1.29, 1.82) is 0 Å². The van der Waals surface area contributed by atoms with Crippen molar-refractivity contribution in [2.75, 3.05) is 20.1 Å². The van der Waals surface area contributed by atoms with Crippen LogP contribution in [0.5, 0.6) is 0 Å². The molecule has 80 valence electrons. The summed E-state index contributed by atoms with van der Waals surface area (Å²) < 4.78 is 0. The molecule has 0 radical (unpaired) electrons. The first-order valence-corrected chi connectivity index (χ1v) is 4.80. The zero-order chi connectivity index (χ0) is 10.6. The van der Waals surface area contributed by atoms with Crippen LogP contribution in [-0.2, 0) is 4.79 Å². The van der Waals surface area contributed by atoms with Gasteiger partial charge >= 0.3 is 12.0 Å². The molecule has 0 atom stereocenters. The van der Waals surface area contributed by atoms with Gasteiger partial charge in [0.1, 0.15) is 0 Å². The van der Waals surface area contributed by atoms with Crippen molar-refractivity contribution in [2.24, 2.45) is 5.92 Å². The van der Waals surface area contributed by atoms with Crippen molar-refractivity contribution >= 4 is 12.0 Å². The Hall–Kier alpha value is -1.26. The van der Waals surface area contributed by atoms with E-state index in [1.165, 1.54) is 12.8 Å². The fourth-order valence-electron chi connectivity index (χ4n) is 1.18. The summed E-state index contributed by atoms with van der Waals surface area (Å²) >= 11 is 0. The van der Waals surface area contributed by atoms with Gasteiger partial charge < -0.3 is 15.3 Å². The van der Waals surface area contributed by atoms with Crippen molar-refractivity contribution in [2.45, 2.75) is 19.3 Å². The molecule has 0 spiro atoms. The first-order valence-electron chi connectivity index (χ1n) is 4.80. The van der Waals surface area contributed by atoms with Crippen molar-refractivity contribution in [3.63, 3.8) is 0 Å². The summed E-state index contributed by atoms with van der Waals surface area (Å²) in [4.78, 5) is 23.1. The molecule has 0 bridgehead atoms. The second kappa shape index (κ2) is 4.83. The molecule has 0 heterocycles. The van der Waals surface area contributed by atoms with Gasteiger partial charge in [-0.2, -0.15) is 0 Å². The fourth-order valence-corrected chi connectivity index (χ4v) is 1.18. The summed E-state index contributed by atoms with van der Waals surface area (Å²) in [6.45, 7) is 0.974. The van der Waals surface area contributed by atoms with Crippen molar-refractivity contribution < 1.29 is 14.7 Å². The second-order valence-electron chi connectivity index (χ2n) is 3.70. The lowest BCUT2D eigenvalue weighted by molar-refractivity contribution is -0.136. The van der Waals surface area contributed by atoms with E-state index in [-0.39, 0.29) is 19.0 Å². The molecule has 5 heteroatoms. The summed E-state index contributed by atoms with van der Waals surface area (Å²) in [6.07, 6.45) is 2.38. The van der Waals surface area contributed by atoms with Crippen molar-refractivity contribution in [3.05, 3.63) is 0 Å². The number of hydrogen-bond acceptors (Lipinski definition) is 2. The Morgan fingerprint density at radius 2 is 2.14 bits per heavy atom. The molecule has 1 aliphatic carbocycles. The molecule has 1 fully saturated rings. The minimum absolute atomic E-state index is 0.0248. The Labute approximate surface area is 83.1 Å².